The van der Waals surface area contributed by atoms with E-state index in [0.717, 1.165) is 12.3 Å². The van der Waals surface area contributed by atoms with Crippen molar-refractivity contribution < 1.29 is 22.8 Å². The number of Topliss-reactive ketones (excluding diaryl/α,β-unsaturated/α-hetero) is 1. The Morgan fingerprint density at radius 2 is 1.68 bits per heavy atom. The van der Waals surface area contributed by atoms with Crippen LogP contribution in [0.15, 0.2) is 42.6 Å². The standard InChI is InChI=1S/C15H9F3N2O2/c16-15(17,18)13(21)8-5-6-11-12(14(19)22)9-3-1-2-4-10(9)20(11)7-8/h1-7H,(H2,19,22). The van der Waals surface area contributed by atoms with Gasteiger partial charge >= 0.3 is 6.18 Å². The van der Waals surface area contributed by atoms with E-state index < -0.39 is 23.4 Å². The molecule has 22 heavy (non-hydrogen) atoms. The highest BCUT2D eigenvalue weighted by Crippen LogP contribution is 2.28. The lowest BCUT2D eigenvalue weighted by atomic mass is 10.1. The number of alkyl halides is 3. The Morgan fingerprint density at radius 1 is 1.00 bits per heavy atom. The van der Waals surface area contributed by atoms with E-state index in [1.807, 2.05) is 0 Å². The smallest absolute Gasteiger partial charge is 0.366 e. The minimum absolute atomic E-state index is 0.210. The van der Waals surface area contributed by atoms with Crippen LogP contribution >= 0.6 is 0 Å². The molecule has 1 aromatic carbocycles. The van der Waals surface area contributed by atoms with Crippen molar-refractivity contribution in [2.75, 3.05) is 0 Å². The number of para-hydroxylation sites is 1. The highest BCUT2D eigenvalue weighted by atomic mass is 19.4. The molecule has 0 unspecified atom stereocenters. The third kappa shape index (κ3) is 2.02. The molecular formula is C15H9F3N2O2. The molecule has 0 atom stereocenters. The van der Waals surface area contributed by atoms with Crippen molar-refractivity contribution in [3.8, 4) is 0 Å². The maximum atomic E-state index is 12.5. The van der Waals surface area contributed by atoms with Crippen molar-refractivity contribution in [1.82, 2.24) is 4.40 Å². The number of ketones is 1. The van der Waals surface area contributed by atoms with E-state index in [0.29, 0.717) is 16.4 Å². The number of nitrogens with zero attached hydrogens (tertiary/aromatic N) is 1. The van der Waals surface area contributed by atoms with Gasteiger partial charge in [0.25, 0.3) is 11.7 Å². The Morgan fingerprint density at radius 3 is 2.32 bits per heavy atom. The molecule has 3 rings (SSSR count). The van der Waals surface area contributed by atoms with E-state index >= 15 is 0 Å². The Hall–Kier alpha value is -2.83. The van der Waals surface area contributed by atoms with Crippen molar-refractivity contribution in [3.63, 3.8) is 0 Å². The van der Waals surface area contributed by atoms with Crippen LogP contribution in [0.2, 0.25) is 0 Å². The summed E-state index contributed by atoms with van der Waals surface area (Å²) >= 11 is 0. The van der Waals surface area contributed by atoms with Gasteiger partial charge in [0.15, 0.2) is 0 Å². The molecule has 0 bridgehead atoms. The van der Waals surface area contributed by atoms with Gasteiger partial charge in [0.2, 0.25) is 0 Å². The molecule has 3 aromatic rings. The van der Waals surface area contributed by atoms with E-state index in [4.69, 9.17) is 5.73 Å². The zero-order chi connectivity index (χ0) is 16.1. The van der Waals surface area contributed by atoms with E-state index in [1.165, 1.54) is 10.5 Å². The number of hydrogen-bond donors (Lipinski definition) is 1. The number of halogens is 3. The maximum absolute atomic E-state index is 12.5. The molecule has 0 aliphatic carbocycles. The number of carbonyl (C=O) groups is 2. The van der Waals surface area contributed by atoms with Crippen LogP contribution in [0.5, 0.6) is 0 Å². The fourth-order valence-electron chi connectivity index (χ4n) is 2.49. The second-order valence-corrected chi connectivity index (χ2v) is 4.76. The molecule has 0 aliphatic rings. The molecular weight excluding hydrogens is 297 g/mol. The number of benzene rings is 1. The van der Waals surface area contributed by atoms with Gasteiger partial charge in [-0.2, -0.15) is 13.2 Å². The first-order valence-corrected chi connectivity index (χ1v) is 6.25. The lowest BCUT2D eigenvalue weighted by molar-refractivity contribution is -0.0885. The van der Waals surface area contributed by atoms with Crippen LogP contribution in [0.3, 0.4) is 0 Å². The molecule has 2 heterocycles. The zero-order valence-electron chi connectivity index (χ0n) is 11.0. The van der Waals surface area contributed by atoms with Crippen LogP contribution in [0, 0.1) is 0 Å². The normalized spacial score (nSPS) is 12.0. The summed E-state index contributed by atoms with van der Waals surface area (Å²) in [5, 5.41) is 0.520. The van der Waals surface area contributed by atoms with Gasteiger partial charge in [-0.1, -0.05) is 18.2 Å². The average molecular weight is 306 g/mol. The van der Waals surface area contributed by atoms with E-state index in [-0.39, 0.29) is 5.56 Å². The quantitative estimate of drug-likeness (QED) is 0.740. The third-order valence-electron chi connectivity index (χ3n) is 3.40. The van der Waals surface area contributed by atoms with Gasteiger partial charge in [0, 0.05) is 17.1 Å². The third-order valence-corrected chi connectivity index (χ3v) is 3.40. The molecule has 0 fully saturated rings. The van der Waals surface area contributed by atoms with Crippen LogP contribution in [-0.4, -0.2) is 22.3 Å². The summed E-state index contributed by atoms with van der Waals surface area (Å²) in [4.78, 5) is 23.0. The molecule has 112 valence electrons. The van der Waals surface area contributed by atoms with Crippen molar-refractivity contribution in [3.05, 3.63) is 53.7 Å². The summed E-state index contributed by atoms with van der Waals surface area (Å²) in [6, 6.07) is 8.98. The molecule has 0 aliphatic heterocycles. The van der Waals surface area contributed by atoms with Gasteiger partial charge in [-0.3, -0.25) is 9.59 Å². The molecule has 7 heteroatoms. The van der Waals surface area contributed by atoms with Gasteiger partial charge in [-0.25, -0.2) is 0 Å². The zero-order valence-corrected chi connectivity index (χ0v) is 11.0. The summed E-state index contributed by atoms with van der Waals surface area (Å²) in [6.45, 7) is 0. The molecule has 0 radical (unpaired) electrons. The summed E-state index contributed by atoms with van der Waals surface area (Å²) < 4.78 is 39.0. The van der Waals surface area contributed by atoms with Crippen LogP contribution in [-0.2, 0) is 0 Å². The molecule has 1 amide bonds. The summed E-state index contributed by atoms with van der Waals surface area (Å²) in [7, 11) is 0. The number of carbonyl (C=O) groups excluding carboxylic acids is 2. The van der Waals surface area contributed by atoms with E-state index in [2.05, 4.69) is 0 Å². The lowest BCUT2D eigenvalue weighted by Gasteiger charge is -2.06. The number of primary amides is 1. The van der Waals surface area contributed by atoms with Crippen molar-refractivity contribution in [2.45, 2.75) is 6.18 Å². The van der Waals surface area contributed by atoms with E-state index in [9.17, 15) is 22.8 Å². The fraction of sp³-hybridized carbons (Fsp3) is 0.0667. The second kappa shape index (κ2) is 4.59. The number of hydrogen-bond acceptors (Lipinski definition) is 2. The van der Waals surface area contributed by atoms with Gasteiger partial charge in [0.1, 0.15) is 0 Å². The number of pyridine rings is 1. The van der Waals surface area contributed by atoms with Crippen LogP contribution in [0.25, 0.3) is 16.4 Å². The monoisotopic (exact) mass is 306 g/mol. The first-order chi connectivity index (χ1) is 10.3. The van der Waals surface area contributed by atoms with Gasteiger partial charge in [-0.05, 0) is 18.2 Å². The predicted molar refractivity (Wildman–Crippen MR) is 73.8 cm³/mol. The fourth-order valence-corrected chi connectivity index (χ4v) is 2.49. The van der Waals surface area contributed by atoms with Crippen molar-refractivity contribution in [1.29, 1.82) is 0 Å². The molecule has 0 saturated carbocycles. The Bertz CT molecular complexity index is 926. The molecule has 0 spiro atoms. The van der Waals surface area contributed by atoms with Crippen molar-refractivity contribution in [2.24, 2.45) is 5.73 Å². The van der Waals surface area contributed by atoms with Crippen molar-refractivity contribution >= 4 is 28.1 Å². The number of aromatic nitrogens is 1. The Kier molecular flexibility index (Phi) is 2.94. The minimum Gasteiger partial charge on any atom is -0.366 e. The largest absolute Gasteiger partial charge is 0.454 e. The molecule has 2 N–H and O–H groups in total. The highest BCUT2D eigenvalue weighted by Gasteiger charge is 2.39. The predicted octanol–water partition coefficient (Wildman–Crippen LogP) is 2.94. The molecule has 0 saturated heterocycles. The van der Waals surface area contributed by atoms with Crippen LogP contribution in [0.1, 0.15) is 20.7 Å². The lowest BCUT2D eigenvalue weighted by Crippen LogP contribution is -2.23. The summed E-state index contributed by atoms with van der Waals surface area (Å²) in [5.41, 5.74) is 5.92. The topological polar surface area (TPSA) is 64.6 Å². The maximum Gasteiger partial charge on any atom is 0.454 e. The number of fused-ring (bicyclic) bond motifs is 3. The number of amides is 1. The summed E-state index contributed by atoms with van der Waals surface area (Å²) in [5.74, 6) is -2.62. The van der Waals surface area contributed by atoms with Gasteiger partial charge in [-0.15, -0.1) is 0 Å². The Balaban J connectivity index is 2.36. The first kappa shape index (κ1) is 14.1. The van der Waals surface area contributed by atoms with Crippen LogP contribution in [0.4, 0.5) is 13.2 Å². The first-order valence-electron chi connectivity index (χ1n) is 6.25. The molecule has 2 aromatic heterocycles. The SMILES string of the molecule is NC(=O)c1c2ccccc2n2cc(C(=O)C(F)(F)F)ccc12. The van der Waals surface area contributed by atoms with E-state index in [1.54, 1.807) is 24.3 Å². The number of rotatable bonds is 2. The molecule has 4 nitrogen and oxygen atoms in total. The average Bonchev–Trinajstić information content (AvgIpc) is 2.79. The van der Waals surface area contributed by atoms with Crippen LogP contribution < -0.4 is 5.73 Å². The van der Waals surface area contributed by atoms with Gasteiger partial charge < -0.3 is 10.1 Å². The van der Waals surface area contributed by atoms with Gasteiger partial charge in [0.05, 0.1) is 16.6 Å². The summed E-state index contributed by atoms with van der Waals surface area (Å²) in [6.07, 6.45) is -3.89. The Labute approximate surface area is 121 Å². The number of nitrogens with two attached hydrogens (primary N) is 1. The second-order valence-electron chi connectivity index (χ2n) is 4.76. The minimum atomic E-state index is -4.96. The highest BCUT2D eigenvalue weighted by molar-refractivity contribution is 6.13.